The van der Waals surface area contributed by atoms with Crippen LogP contribution >= 0.6 is 0 Å². The summed E-state index contributed by atoms with van der Waals surface area (Å²) in [6.45, 7) is 6.77. The Bertz CT molecular complexity index is 1030. The summed E-state index contributed by atoms with van der Waals surface area (Å²) in [6, 6.07) is 3.11. The van der Waals surface area contributed by atoms with Crippen molar-refractivity contribution in [1.29, 1.82) is 0 Å². The van der Waals surface area contributed by atoms with Crippen LogP contribution in [0.5, 0.6) is 17.2 Å². The number of esters is 1. The van der Waals surface area contributed by atoms with Gasteiger partial charge in [0.2, 0.25) is 0 Å². The third kappa shape index (κ3) is 3.42. The van der Waals surface area contributed by atoms with Crippen LogP contribution in [0, 0.1) is 0 Å². The van der Waals surface area contributed by atoms with Crippen molar-refractivity contribution < 1.29 is 29.6 Å². The summed E-state index contributed by atoms with van der Waals surface area (Å²) in [5.41, 5.74) is 0.960. The second kappa shape index (κ2) is 6.86. The van der Waals surface area contributed by atoms with Gasteiger partial charge >= 0.3 is 5.97 Å². The molecule has 0 saturated heterocycles. The SMILES string of the molecule is CC(=O)O[C@@]1(C)CC(=O)c2c(cc3cc(O)c(CC=C(C)C)c(O)c3c2O)C1. The highest BCUT2D eigenvalue weighted by Gasteiger charge is 2.39. The van der Waals surface area contributed by atoms with Gasteiger partial charge in [0.15, 0.2) is 5.78 Å². The number of fused-ring (bicyclic) bond motifs is 2. The first kappa shape index (κ1) is 19.7. The summed E-state index contributed by atoms with van der Waals surface area (Å²) >= 11 is 0. The standard InChI is InChI=1S/C22H24O6/c1-11(2)5-6-15-16(24)8-13-7-14-9-22(4,28-12(3)23)10-17(25)18(14)21(27)19(13)20(15)26/h5,7-8,24,26-27H,6,9-10H2,1-4H3/t22-/m1/s1. The van der Waals surface area contributed by atoms with Gasteiger partial charge in [-0.1, -0.05) is 11.6 Å². The first-order valence-electron chi connectivity index (χ1n) is 9.11. The Balaban J connectivity index is 2.21. The van der Waals surface area contributed by atoms with Crippen molar-refractivity contribution in [3.05, 3.63) is 40.5 Å². The maximum absolute atomic E-state index is 12.7. The Morgan fingerprint density at radius 3 is 2.43 bits per heavy atom. The third-order valence-electron chi connectivity index (χ3n) is 5.02. The molecule has 0 aliphatic heterocycles. The van der Waals surface area contributed by atoms with E-state index in [1.54, 1.807) is 13.0 Å². The first-order chi connectivity index (χ1) is 13.0. The lowest BCUT2D eigenvalue weighted by atomic mass is 9.78. The first-order valence-corrected chi connectivity index (χ1v) is 9.11. The van der Waals surface area contributed by atoms with Crippen molar-refractivity contribution in [1.82, 2.24) is 0 Å². The highest BCUT2D eigenvalue weighted by Crippen LogP contribution is 2.46. The van der Waals surface area contributed by atoms with E-state index in [0.717, 1.165) is 5.57 Å². The average molecular weight is 384 g/mol. The number of aromatic hydroxyl groups is 3. The topological polar surface area (TPSA) is 104 Å². The molecule has 6 heteroatoms. The van der Waals surface area contributed by atoms with Gasteiger partial charge in [-0.05, 0) is 50.3 Å². The van der Waals surface area contributed by atoms with Crippen LogP contribution in [0.3, 0.4) is 0 Å². The summed E-state index contributed by atoms with van der Waals surface area (Å²) in [5.74, 6) is -1.48. The Morgan fingerprint density at radius 2 is 1.82 bits per heavy atom. The van der Waals surface area contributed by atoms with E-state index >= 15 is 0 Å². The van der Waals surface area contributed by atoms with E-state index in [1.165, 1.54) is 13.0 Å². The minimum Gasteiger partial charge on any atom is -0.507 e. The molecule has 0 aromatic heterocycles. The van der Waals surface area contributed by atoms with E-state index in [-0.39, 0.29) is 52.4 Å². The van der Waals surface area contributed by atoms with Gasteiger partial charge in [0.25, 0.3) is 0 Å². The third-order valence-corrected chi connectivity index (χ3v) is 5.02. The number of Topliss-reactive ketones (excluding diaryl/α,β-unsaturated/α-hetero) is 1. The van der Waals surface area contributed by atoms with E-state index in [1.807, 2.05) is 19.9 Å². The van der Waals surface area contributed by atoms with Crippen LogP contribution in [0.4, 0.5) is 0 Å². The number of benzene rings is 2. The minimum atomic E-state index is -0.997. The van der Waals surface area contributed by atoms with Crippen LogP contribution in [0.15, 0.2) is 23.8 Å². The summed E-state index contributed by atoms with van der Waals surface area (Å²) in [6.07, 6.45) is 2.34. The number of hydrogen-bond acceptors (Lipinski definition) is 6. The maximum Gasteiger partial charge on any atom is 0.303 e. The lowest BCUT2D eigenvalue weighted by molar-refractivity contribution is -0.155. The monoisotopic (exact) mass is 384 g/mol. The van der Waals surface area contributed by atoms with Crippen molar-refractivity contribution in [2.75, 3.05) is 0 Å². The van der Waals surface area contributed by atoms with Crippen LogP contribution < -0.4 is 0 Å². The van der Waals surface area contributed by atoms with Crippen LogP contribution in [-0.4, -0.2) is 32.7 Å². The molecule has 0 spiro atoms. The summed E-state index contributed by atoms with van der Waals surface area (Å²) in [7, 11) is 0. The summed E-state index contributed by atoms with van der Waals surface area (Å²) in [4.78, 5) is 24.1. The van der Waals surface area contributed by atoms with Crippen molar-refractivity contribution >= 4 is 22.5 Å². The number of carbonyl (C=O) groups excluding carboxylic acids is 2. The fraction of sp³-hybridized carbons (Fsp3) is 0.364. The van der Waals surface area contributed by atoms with Crippen molar-refractivity contribution in [2.24, 2.45) is 0 Å². The van der Waals surface area contributed by atoms with Gasteiger partial charge in [-0.25, -0.2) is 0 Å². The van der Waals surface area contributed by atoms with Gasteiger partial charge in [-0.15, -0.1) is 0 Å². The zero-order chi connectivity index (χ0) is 20.8. The zero-order valence-electron chi connectivity index (χ0n) is 16.4. The highest BCUT2D eigenvalue weighted by atomic mass is 16.6. The summed E-state index contributed by atoms with van der Waals surface area (Å²) < 4.78 is 5.33. The number of carbonyl (C=O) groups is 2. The number of phenols is 3. The number of ketones is 1. The van der Waals surface area contributed by atoms with E-state index in [9.17, 15) is 24.9 Å². The fourth-order valence-corrected chi connectivity index (χ4v) is 3.89. The van der Waals surface area contributed by atoms with Crippen molar-refractivity contribution in [3.8, 4) is 17.2 Å². The average Bonchev–Trinajstić information content (AvgIpc) is 2.51. The molecule has 0 saturated carbocycles. The Hall–Kier alpha value is -3.02. The number of phenolic OH excluding ortho intramolecular Hbond substituents is 3. The smallest absolute Gasteiger partial charge is 0.303 e. The second-order valence-electron chi connectivity index (χ2n) is 7.89. The lowest BCUT2D eigenvalue weighted by Crippen LogP contribution is -2.40. The van der Waals surface area contributed by atoms with Gasteiger partial charge in [0.05, 0.1) is 17.4 Å². The van der Waals surface area contributed by atoms with E-state index in [2.05, 4.69) is 0 Å². The number of rotatable bonds is 3. The zero-order valence-corrected chi connectivity index (χ0v) is 16.4. The summed E-state index contributed by atoms with van der Waals surface area (Å²) in [5, 5.41) is 32.4. The van der Waals surface area contributed by atoms with Crippen molar-refractivity contribution in [3.63, 3.8) is 0 Å². The predicted octanol–water partition coefficient (Wildman–Crippen LogP) is 3.92. The molecule has 2 aromatic carbocycles. The molecule has 0 unspecified atom stereocenters. The number of allylic oxidation sites excluding steroid dienone is 2. The molecule has 148 valence electrons. The van der Waals surface area contributed by atoms with E-state index in [4.69, 9.17) is 4.74 Å². The molecule has 0 bridgehead atoms. The molecular formula is C22H24O6. The molecule has 6 nitrogen and oxygen atoms in total. The van der Waals surface area contributed by atoms with Crippen LogP contribution in [0.25, 0.3) is 10.8 Å². The van der Waals surface area contributed by atoms with Gasteiger partial charge in [0, 0.05) is 18.9 Å². The van der Waals surface area contributed by atoms with Crippen molar-refractivity contribution in [2.45, 2.75) is 52.6 Å². The second-order valence-corrected chi connectivity index (χ2v) is 7.89. The Morgan fingerprint density at radius 1 is 1.14 bits per heavy atom. The molecule has 2 aromatic rings. The quantitative estimate of drug-likeness (QED) is 0.547. The molecule has 0 heterocycles. The number of hydrogen-bond donors (Lipinski definition) is 3. The van der Waals surface area contributed by atoms with E-state index in [0.29, 0.717) is 17.4 Å². The largest absolute Gasteiger partial charge is 0.507 e. The van der Waals surface area contributed by atoms with E-state index < -0.39 is 11.6 Å². The van der Waals surface area contributed by atoms with Gasteiger partial charge < -0.3 is 20.1 Å². The lowest BCUT2D eigenvalue weighted by Gasteiger charge is -2.33. The molecule has 0 radical (unpaired) electrons. The molecule has 3 N–H and O–H groups in total. The molecule has 28 heavy (non-hydrogen) atoms. The molecule has 0 amide bonds. The fourth-order valence-electron chi connectivity index (χ4n) is 3.89. The normalized spacial score (nSPS) is 18.6. The molecule has 1 atom stereocenters. The van der Waals surface area contributed by atoms with Gasteiger partial charge in [0.1, 0.15) is 22.8 Å². The van der Waals surface area contributed by atoms with Gasteiger partial charge in [-0.3, -0.25) is 9.59 Å². The molecule has 1 aliphatic carbocycles. The molecule has 0 fully saturated rings. The molecular weight excluding hydrogens is 360 g/mol. The molecule has 1 aliphatic rings. The van der Waals surface area contributed by atoms with Crippen LogP contribution in [0.2, 0.25) is 0 Å². The molecule has 3 rings (SSSR count). The van der Waals surface area contributed by atoms with Crippen LogP contribution in [0.1, 0.15) is 55.6 Å². The predicted molar refractivity (Wildman–Crippen MR) is 105 cm³/mol. The maximum atomic E-state index is 12.7. The Labute approximate surface area is 163 Å². The van der Waals surface area contributed by atoms with Crippen LogP contribution in [-0.2, 0) is 22.4 Å². The Kier molecular flexibility index (Phi) is 4.83. The highest BCUT2D eigenvalue weighted by molar-refractivity contribution is 6.09. The number of ether oxygens (including phenoxy) is 1. The minimum absolute atomic E-state index is 0.0535. The van der Waals surface area contributed by atoms with Gasteiger partial charge in [-0.2, -0.15) is 0 Å².